The largest absolute Gasteiger partial charge is 0.382 e. The summed E-state index contributed by atoms with van der Waals surface area (Å²) in [5.41, 5.74) is 0.638. The lowest BCUT2D eigenvalue weighted by Gasteiger charge is -2.36. The Morgan fingerprint density at radius 2 is 2.21 bits per heavy atom. The van der Waals surface area contributed by atoms with E-state index >= 15 is 0 Å². The summed E-state index contributed by atoms with van der Waals surface area (Å²) in [5, 5.41) is 10.7. The van der Waals surface area contributed by atoms with Crippen molar-refractivity contribution in [3.8, 4) is 0 Å². The number of unbranched alkanes of at least 4 members (excludes halogenated alkanes) is 2. The predicted octanol–water partition coefficient (Wildman–Crippen LogP) is 3.76. The van der Waals surface area contributed by atoms with Crippen molar-refractivity contribution in [3.63, 3.8) is 0 Å². The third-order valence-electron chi connectivity index (χ3n) is 4.85. The van der Waals surface area contributed by atoms with E-state index in [-0.39, 0.29) is 23.9 Å². The normalized spacial score (nSPS) is 23.5. The van der Waals surface area contributed by atoms with Crippen LogP contribution in [0.4, 0.5) is 0 Å². The van der Waals surface area contributed by atoms with Crippen LogP contribution in [0.25, 0.3) is 6.08 Å². The fourth-order valence-corrected chi connectivity index (χ4v) is 3.29. The van der Waals surface area contributed by atoms with E-state index in [4.69, 9.17) is 0 Å². The van der Waals surface area contributed by atoms with Crippen LogP contribution in [0, 0.1) is 5.92 Å². The molecule has 1 heterocycles. The highest BCUT2D eigenvalue weighted by Gasteiger charge is 2.45. The minimum absolute atomic E-state index is 0.132. The second-order valence-electron chi connectivity index (χ2n) is 6.84. The maximum atomic E-state index is 12.6. The van der Waals surface area contributed by atoms with Crippen LogP contribution in [0.5, 0.6) is 0 Å². The van der Waals surface area contributed by atoms with Crippen molar-refractivity contribution < 1.29 is 14.7 Å². The molecular weight excluding hydrogens is 302 g/mol. The summed E-state index contributed by atoms with van der Waals surface area (Å²) in [5.74, 6) is -0.560. The van der Waals surface area contributed by atoms with E-state index in [0.29, 0.717) is 18.4 Å². The van der Waals surface area contributed by atoms with E-state index in [1.807, 2.05) is 25.1 Å². The number of nitrogens with zero attached hydrogens (tertiary/aromatic N) is 1. The first kappa shape index (κ1) is 18.5. The average molecular weight is 329 g/mol. The Labute approximate surface area is 144 Å². The minimum atomic E-state index is -1.50. The van der Waals surface area contributed by atoms with Gasteiger partial charge in [-0.2, -0.15) is 0 Å². The van der Waals surface area contributed by atoms with E-state index in [0.717, 1.165) is 30.5 Å². The number of ketones is 2. The van der Waals surface area contributed by atoms with Crippen LogP contribution >= 0.6 is 0 Å². The maximum Gasteiger partial charge on any atom is 0.196 e. The number of carbonyl (C=O) groups is 2. The number of allylic oxidation sites excluding steroid dienone is 1. The molecule has 0 bridgehead atoms. The summed E-state index contributed by atoms with van der Waals surface area (Å²) < 4.78 is 0. The molecule has 1 aliphatic rings. The Balaban J connectivity index is 2.20. The molecule has 1 aromatic heterocycles. The summed E-state index contributed by atoms with van der Waals surface area (Å²) in [6, 6.07) is 1.89. The summed E-state index contributed by atoms with van der Waals surface area (Å²) in [6.07, 6.45) is 9.61. The first-order valence-electron chi connectivity index (χ1n) is 8.80. The third kappa shape index (κ3) is 3.99. The van der Waals surface area contributed by atoms with Gasteiger partial charge in [-0.1, -0.05) is 25.8 Å². The molecule has 24 heavy (non-hydrogen) atoms. The van der Waals surface area contributed by atoms with E-state index in [1.54, 1.807) is 6.20 Å². The van der Waals surface area contributed by atoms with Crippen molar-refractivity contribution in [3.05, 3.63) is 35.2 Å². The van der Waals surface area contributed by atoms with Crippen LogP contribution in [-0.4, -0.2) is 27.3 Å². The zero-order valence-corrected chi connectivity index (χ0v) is 14.8. The molecule has 0 spiro atoms. The van der Waals surface area contributed by atoms with Crippen molar-refractivity contribution in [2.45, 2.75) is 64.9 Å². The molecule has 1 N–H and O–H groups in total. The average Bonchev–Trinajstić information content (AvgIpc) is 2.53. The van der Waals surface area contributed by atoms with Gasteiger partial charge < -0.3 is 5.11 Å². The topological polar surface area (TPSA) is 67.3 Å². The molecule has 2 rings (SSSR count). The minimum Gasteiger partial charge on any atom is -0.382 e. The third-order valence-corrected chi connectivity index (χ3v) is 4.85. The number of carbonyl (C=O) groups excluding carboxylic acids is 2. The molecule has 0 amide bonds. The van der Waals surface area contributed by atoms with Gasteiger partial charge in [0, 0.05) is 30.5 Å². The second-order valence-corrected chi connectivity index (χ2v) is 6.84. The van der Waals surface area contributed by atoms with Crippen molar-refractivity contribution in [2.75, 3.05) is 0 Å². The summed E-state index contributed by atoms with van der Waals surface area (Å²) >= 11 is 0. The van der Waals surface area contributed by atoms with Crippen molar-refractivity contribution >= 4 is 17.6 Å². The highest BCUT2D eigenvalue weighted by molar-refractivity contribution is 6.04. The van der Waals surface area contributed by atoms with Gasteiger partial charge in [-0.05, 0) is 44.4 Å². The van der Waals surface area contributed by atoms with Gasteiger partial charge in [0.2, 0.25) is 0 Å². The van der Waals surface area contributed by atoms with Gasteiger partial charge in [0.05, 0.1) is 5.69 Å². The summed E-state index contributed by atoms with van der Waals surface area (Å²) in [7, 11) is 0. The molecule has 0 unspecified atom stereocenters. The number of rotatable bonds is 7. The fourth-order valence-electron chi connectivity index (χ4n) is 3.29. The Bertz CT molecular complexity index is 646. The Hall–Kier alpha value is -1.81. The van der Waals surface area contributed by atoms with Gasteiger partial charge >= 0.3 is 0 Å². The number of aliphatic hydroxyl groups is 1. The monoisotopic (exact) mass is 329 g/mol. The molecule has 4 nitrogen and oxygen atoms in total. The molecule has 0 aromatic carbocycles. The number of fused-ring (bicyclic) bond motifs is 1. The van der Waals surface area contributed by atoms with Gasteiger partial charge in [0.25, 0.3) is 0 Å². The quantitative estimate of drug-likeness (QED) is 0.773. The molecular formula is C20H27NO3. The Kier molecular flexibility index (Phi) is 6.05. The fraction of sp³-hybridized carbons (Fsp3) is 0.550. The van der Waals surface area contributed by atoms with Crippen molar-refractivity contribution in [2.24, 2.45) is 5.92 Å². The highest BCUT2D eigenvalue weighted by Crippen LogP contribution is 2.35. The molecule has 2 atom stereocenters. The smallest absolute Gasteiger partial charge is 0.196 e. The Morgan fingerprint density at radius 3 is 2.88 bits per heavy atom. The number of hydrogen-bond acceptors (Lipinski definition) is 4. The lowest BCUT2D eigenvalue weighted by Crippen LogP contribution is -2.48. The summed E-state index contributed by atoms with van der Waals surface area (Å²) in [4.78, 5) is 29.1. The van der Waals surface area contributed by atoms with E-state index in [1.165, 1.54) is 6.92 Å². The lowest BCUT2D eigenvalue weighted by atomic mass is 9.71. The molecule has 0 fully saturated rings. The molecule has 0 saturated carbocycles. The maximum absolute atomic E-state index is 12.6. The zero-order valence-electron chi connectivity index (χ0n) is 14.8. The van der Waals surface area contributed by atoms with E-state index < -0.39 is 5.60 Å². The van der Waals surface area contributed by atoms with Crippen LogP contribution < -0.4 is 0 Å². The van der Waals surface area contributed by atoms with Gasteiger partial charge in [0.15, 0.2) is 5.78 Å². The van der Waals surface area contributed by atoms with Crippen molar-refractivity contribution in [1.82, 2.24) is 4.98 Å². The number of aromatic nitrogens is 1. The molecule has 4 heteroatoms. The first-order valence-corrected chi connectivity index (χ1v) is 8.80. The molecule has 0 radical (unpaired) electrons. The van der Waals surface area contributed by atoms with E-state index in [2.05, 4.69) is 11.9 Å². The standard InChI is InChI=1S/C20H27NO3/c1-4-6-7-9-17(22)12-15-10-14-11-16(8-5-2)21-13-18(14)19(23)20(15,3)24/h5,8,11,13,15,24H,4,6-7,9-10,12H2,1-3H3/b8-5+/t15-,20-/m0/s1. The van der Waals surface area contributed by atoms with Gasteiger partial charge in [-0.15, -0.1) is 0 Å². The first-order chi connectivity index (χ1) is 11.4. The second kappa shape index (κ2) is 7.84. The number of Topliss-reactive ketones (excluding diaryl/α,β-unsaturated/α-hetero) is 2. The SMILES string of the molecule is C/C=C/c1cc2c(cn1)C(=O)[C@@](C)(O)[C@H](CC(=O)CCCCC)C2. The number of hydrogen-bond donors (Lipinski definition) is 1. The zero-order chi connectivity index (χ0) is 17.7. The highest BCUT2D eigenvalue weighted by atomic mass is 16.3. The van der Waals surface area contributed by atoms with Crippen molar-refractivity contribution in [1.29, 1.82) is 0 Å². The van der Waals surface area contributed by atoms with Crippen LogP contribution in [0.1, 0.15) is 74.5 Å². The van der Waals surface area contributed by atoms with Crippen LogP contribution in [-0.2, 0) is 11.2 Å². The molecule has 130 valence electrons. The molecule has 1 aliphatic carbocycles. The van der Waals surface area contributed by atoms with Crippen LogP contribution in [0.3, 0.4) is 0 Å². The lowest BCUT2D eigenvalue weighted by molar-refractivity contribution is -0.121. The molecule has 0 saturated heterocycles. The summed E-state index contributed by atoms with van der Waals surface area (Å²) in [6.45, 7) is 5.54. The number of pyridine rings is 1. The van der Waals surface area contributed by atoms with Gasteiger partial charge in [-0.25, -0.2) is 0 Å². The Morgan fingerprint density at radius 1 is 1.46 bits per heavy atom. The molecule has 1 aromatic rings. The van der Waals surface area contributed by atoms with Gasteiger partial charge in [0.1, 0.15) is 11.4 Å². The van der Waals surface area contributed by atoms with Gasteiger partial charge in [-0.3, -0.25) is 14.6 Å². The van der Waals surface area contributed by atoms with E-state index in [9.17, 15) is 14.7 Å². The van der Waals surface area contributed by atoms with Crippen LogP contribution in [0.2, 0.25) is 0 Å². The predicted molar refractivity (Wildman–Crippen MR) is 94.9 cm³/mol. The molecule has 0 aliphatic heterocycles. The van der Waals surface area contributed by atoms with Crippen LogP contribution in [0.15, 0.2) is 18.3 Å².